The van der Waals surface area contributed by atoms with Crippen molar-refractivity contribution in [1.29, 1.82) is 0 Å². The van der Waals surface area contributed by atoms with E-state index in [2.05, 4.69) is 10.9 Å². The number of hydrazine groups is 1. The van der Waals surface area contributed by atoms with Crippen LogP contribution in [0.3, 0.4) is 0 Å². The fourth-order valence-electron chi connectivity index (χ4n) is 2.22. The van der Waals surface area contributed by atoms with Crippen molar-refractivity contribution in [3.63, 3.8) is 0 Å². The quantitative estimate of drug-likeness (QED) is 0.494. The molecule has 2 aromatic carbocycles. The Kier molecular flexibility index (Phi) is 8.09. The number of carbonyl (C=O) groups is 2. The smallest absolute Gasteiger partial charge is 0.253 e. The Labute approximate surface area is 179 Å². The summed E-state index contributed by atoms with van der Waals surface area (Å²) < 4.78 is 25.8. The summed E-state index contributed by atoms with van der Waals surface area (Å²) in [5.74, 6) is -1.06. The largest absolute Gasteiger partial charge is 0.272 e. The van der Waals surface area contributed by atoms with Gasteiger partial charge in [0.25, 0.3) is 11.8 Å². The number of nitrogens with zero attached hydrogens (tertiary/aromatic N) is 1. The van der Waals surface area contributed by atoms with Crippen LogP contribution in [0.2, 0.25) is 5.02 Å². The number of nitrogens with one attached hydrogen (secondary N) is 2. The summed E-state index contributed by atoms with van der Waals surface area (Å²) in [5, 5.41) is -0.0433. The van der Waals surface area contributed by atoms with Crippen molar-refractivity contribution in [2.24, 2.45) is 0 Å². The lowest BCUT2D eigenvalue weighted by molar-refractivity contribution is -0.128. The summed E-state index contributed by atoms with van der Waals surface area (Å²) in [4.78, 5) is 25.2. The lowest BCUT2D eigenvalue weighted by Gasteiger charge is -2.18. The van der Waals surface area contributed by atoms with Gasteiger partial charge in [0.15, 0.2) is 0 Å². The molecule has 0 aliphatic rings. The second kappa shape index (κ2) is 10.1. The summed E-state index contributed by atoms with van der Waals surface area (Å²) in [6.45, 7) is 3.23. The molecule has 2 aromatic rings. The highest BCUT2D eigenvalue weighted by molar-refractivity contribution is 8.00. The van der Waals surface area contributed by atoms with Crippen molar-refractivity contribution in [2.75, 3.05) is 13.6 Å². The van der Waals surface area contributed by atoms with Crippen molar-refractivity contribution in [1.82, 2.24) is 15.2 Å². The highest BCUT2D eigenvalue weighted by atomic mass is 35.5. The molecular weight excluding hydrogens is 434 g/mol. The van der Waals surface area contributed by atoms with E-state index in [1.54, 1.807) is 6.92 Å². The van der Waals surface area contributed by atoms with Crippen LogP contribution in [0, 0.1) is 6.92 Å². The number of benzene rings is 2. The van der Waals surface area contributed by atoms with E-state index < -0.39 is 33.6 Å². The molecule has 0 fully saturated rings. The van der Waals surface area contributed by atoms with E-state index in [0.29, 0.717) is 5.02 Å². The van der Waals surface area contributed by atoms with Crippen LogP contribution < -0.4 is 10.9 Å². The van der Waals surface area contributed by atoms with Crippen LogP contribution in [0.1, 0.15) is 12.5 Å². The number of hydrogen-bond acceptors (Lipinski definition) is 5. The molecule has 1 unspecified atom stereocenters. The first-order valence-corrected chi connectivity index (χ1v) is 11.3. The van der Waals surface area contributed by atoms with Gasteiger partial charge in [-0.2, -0.15) is 4.31 Å². The highest BCUT2D eigenvalue weighted by Crippen LogP contribution is 2.23. The van der Waals surface area contributed by atoms with Gasteiger partial charge in [0, 0.05) is 17.0 Å². The summed E-state index contributed by atoms with van der Waals surface area (Å²) in [5.41, 5.74) is 5.68. The number of rotatable bonds is 7. The van der Waals surface area contributed by atoms with Crippen molar-refractivity contribution in [2.45, 2.75) is 28.9 Å². The monoisotopic (exact) mass is 455 g/mol. The molecule has 0 spiro atoms. The van der Waals surface area contributed by atoms with E-state index >= 15 is 0 Å². The number of aryl methyl sites for hydroxylation is 1. The molecular formula is C19H22ClN3O4S2. The SMILES string of the molecule is Cc1ccc(SC(C)C(=O)NNC(=O)CN(C)S(=O)(=O)c2ccc(Cl)cc2)cc1. The van der Waals surface area contributed by atoms with Gasteiger partial charge < -0.3 is 0 Å². The first-order valence-electron chi connectivity index (χ1n) is 8.63. The Bertz CT molecular complexity index is 964. The number of thioether (sulfide) groups is 1. The third-order valence-corrected chi connectivity index (χ3v) is 7.10. The van der Waals surface area contributed by atoms with Crippen LogP contribution in [0.4, 0.5) is 0 Å². The summed E-state index contributed by atoms with van der Waals surface area (Å²) in [7, 11) is -2.57. The second-order valence-electron chi connectivity index (χ2n) is 6.33. The first-order chi connectivity index (χ1) is 13.6. The molecule has 0 aliphatic carbocycles. The van der Waals surface area contributed by atoms with Gasteiger partial charge in [0.2, 0.25) is 10.0 Å². The molecule has 1 atom stereocenters. The number of hydrogen-bond donors (Lipinski definition) is 2. The maximum atomic E-state index is 12.5. The van der Waals surface area contributed by atoms with Gasteiger partial charge in [-0.1, -0.05) is 29.3 Å². The third-order valence-electron chi connectivity index (χ3n) is 3.92. The van der Waals surface area contributed by atoms with E-state index in [0.717, 1.165) is 14.8 Å². The fraction of sp³-hybridized carbons (Fsp3) is 0.263. The van der Waals surface area contributed by atoms with Crippen molar-refractivity contribution >= 4 is 45.2 Å². The average Bonchev–Trinajstić information content (AvgIpc) is 2.68. The number of carbonyl (C=O) groups excluding carboxylic acids is 2. The van der Waals surface area contributed by atoms with E-state index in [9.17, 15) is 18.0 Å². The Morgan fingerprint density at radius 2 is 1.66 bits per heavy atom. The topological polar surface area (TPSA) is 95.6 Å². The van der Waals surface area contributed by atoms with Gasteiger partial charge in [0.05, 0.1) is 16.7 Å². The zero-order chi connectivity index (χ0) is 21.6. The zero-order valence-corrected chi connectivity index (χ0v) is 18.6. The number of halogens is 1. The minimum Gasteiger partial charge on any atom is -0.272 e. The molecule has 156 valence electrons. The lowest BCUT2D eigenvalue weighted by Crippen LogP contribution is -2.48. The Balaban J connectivity index is 1.85. The van der Waals surface area contributed by atoms with Crippen LogP contribution in [0.25, 0.3) is 0 Å². The number of likely N-dealkylation sites (N-methyl/N-ethyl adjacent to an activating group) is 1. The normalized spacial score (nSPS) is 12.4. The third kappa shape index (κ3) is 6.74. The second-order valence-corrected chi connectivity index (χ2v) is 10.2. The van der Waals surface area contributed by atoms with Crippen molar-refractivity contribution < 1.29 is 18.0 Å². The first kappa shape index (κ1) is 23.2. The van der Waals surface area contributed by atoms with E-state index in [-0.39, 0.29) is 4.90 Å². The van der Waals surface area contributed by atoms with Gasteiger partial charge in [-0.3, -0.25) is 20.4 Å². The molecule has 0 bridgehead atoms. The minimum absolute atomic E-state index is 0.0179. The molecule has 0 radical (unpaired) electrons. The molecule has 2 N–H and O–H groups in total. The predicted octanol–water partition coefficient (Wildman–Crippen LogP) is 2.60. The molecule has 0 heterocycles. The molecule has 29 heavy (non-hydrogen) atoms. The molecule has 7 nitrogen and oxygen atoms in total. The van der Waals surface area contributed by atoms with Gasteiger partial charge in [-0.15, -0.1) is 11.8 Å². The van der Waals surface area contributed by atoms with Crippen LogP contribution in [0.15, 0.2) is 58.3 Å². The maximum absolute atomic E-state index is 12.5. The lowest BCUT2D eigenvalue weighted by atomic mass is 10.2. The molecule has 0 aromatic heterocycles. The molecule has 10 heteroatoms. The maximum Gasteiger partial charge on any atom is 0.253 e. The highest BCUT2D eigenvalue weighted by Gasteiger charge is 2.23. The van der Waals surface area contributed by atoms with E-state index in [4.69, 9.17) is 11.6 Å². The molecule has 0 saturated carbocycles. The minimum atomic E-state index is -3.85. The van der Waals surface area contributed by atoms with Crippen LogP contribution in [-0.2, 0) is 19.6 Å². The predicted molar refractivity (Wildman–Crippen MR) is 114 cm³/mol. The van der Waals surface area contributed by atoms with Gasteiger partial charge >= 0.3 is 0 Å². The van der Waals surface area contributed by atoms with Crippen LogP contribution in [0.5, 0.6) is 0 Å². The van der Waals surface area contributed by atoms with Crippen molar-refractivity contribution in [3.8, 4) is 0 Å². The fourth-order valence-corrected chi connectivity index (χ4v) is 4.34. The molecule has 0 aliphatic heterocycles. The zero-order valence-electron chi connectivity index (χ0n) is 16.2. The Morgan fingerprint density at radius 1 is 1.07 bits per heavy atom. The Hall–Kier alpha value is -2.07. The Morgan fingerprint density at radius 3 is 2.24 bits per heavy atom. The summed E-state index contributed by atoms with van der Waals surface area (Å²) in [6.07, 6.45) is 0. The van der Waals surface area contributed by atoms with Crippen molar-refractivity contribution in [3.05, 3.63) is 59.1 Å². The molecule has 0 saturated heterocycles. The van der Waals surface area contributed by atoms with Crippen LogP contribution >= 0.6 is 23.4 Å². The number of sulfonamides is 1. The van der Waals surface area contributed by atoms with Gasteiger partial charge in [-0.05, 0) is 50.2 Å². The van der Waals surface area contributed by atoms with Crippen LogP contribution in [-0.4, -0.2) is 43.4 Å². The van der Waals surface area contributed by atoms with Gasteiger partial charge in [-0.25, -0.2) is 8.42 Å². The number of amides is 2. The van der Waals surface area contributed by atoms with E-state index in [1.165, 1.54) is 43.1 Å². The average molecular weight is 456 g/mol. The molecule has 2 rings (SSSR count). The standard InChI is InChI=1S/C19H22ClN3O4S2/c1-13-4-8-16(9-5-13)28-14(2)19(25)22-21-18(24)12-23(3)29(26,27)17-10-6-15(20)7-11-17/h4-11,14H,12H2,1-3H3,(H,21,24)(H,22,25). The van der Waals surface area contributed by atoms with E-state index in [1.807, 2.05) is 31.2 Å². The summed E-state index contributed by atoms with van der Waals surface area (Å²) in [6, 6.07) is 13.4. The molecule has 2 amide bonds. The summed E-state index contributed by atoms with van der Waals surface area (Å²) >= 11 is 7.11. The van der Waals surface area contributed by atoms with Gasteiger partial charge in [0.1, 0.15) is 0 Å².